The predicted octanol–water partition coefficient (Wildman–Crippen LogP) is 3.50. The fourth-order valence-electron chi connectivity index (χ4n) is 4.00. The number of nitrogens with one attached hydrogen (secondary N) is 2. The van der Waals surface area contributed by atoms with Crippen molar-refractivity contribution in [3.63, 3.8) is 0 Å². The summed E-state index contributed by atoms with van der Waals surface area (Å²) in [7, 11) is -3.64. The molecule has 1 saturated heterocycles. The van der Waals surface area contributed by atoms with Gasteiger partial charge in [0.25, 0.3) is 10.0 Å². The van der Waals surface area contributed by atoms with E-state index in [0.29, 0.717) is 36.1 Å². The van der Waals surface area contributed by atoms with Crippen molar-refractivity contribution in [3.05, 3.63) is 52.9 Å². The highest BCUT2D eigenvalue weighted by Gasteiger charge is 2.26. The Kier molecular flexibility index (Phi) is 5.95. The monoisotopic (exact) mass is 501 g/mol. The van der Waals surface area contributed by atoms with Gasteiger partial charge < -0.3 is 10.3 Å². The first kappa shape index (κ1) is 22.1. The molecule has 1 amide bonds. The van der Waals surface area contributed by atoms with Crippen LogP contribution in [0, 0.1) is 0 Å². The molecule has 0 spiro atoms. The number of benzene rings is 1. The summed E-state index contributed by atoms with van der Waals surface area (Å²) in [6.07, 6.45) is 1.85. The summed E-state index contributed by atoms with van der Waals surface area (Å²) in [5, 5.41) is 6.36. The summed E-state index contributed by atoms with van der Waals surface area (Å²) in [4.78, 5) is 22.8. The van der Waals surface area contributed by atoms with Crippen molar-refractivity contribution in [2.45, 2.75) is 17.7 Å². The number of para-hydroxylation sites is 1. The summed E-state index contributed by atoms with van der Waals surface area (Å²) in [6, 6.07) is 11.0. The summed E-state index contributed by atoms with van der Waals surface area (Å²) in [5.41, 5.74) is 2.22. The highest BCUT2D eigenvalue weighted by atomic mass is 32.2. The normalized spacial score (nSPS) is 15.1. The minimum atomic E-state index is -3.64. The highest BCUT2D eigenvalue weighted by molar-refractivity contribution is 7.94. The average molecular weight is 502 g/mol. The molecular weight excluding hydrogens is 478 g/mol. The minimum absolute atomic E-state index is 0.0483. The molecule has 5 rings (SSSR count). The van der Waals surface area contributed by atoms with Crippen LogP contribution in [0.15, 0.2) is 52.2 Å². The highest BCUT2D eigenvalue weighted by Crippen LogP contribution is 2.35. The van der Waals surface area contributed by atoms with Gasteiger partial charge in [-0.1, -0.05) is 18.2 Å². The zero-order valence-corrected chi connectivity index (χ0v) is 20.4. The lowest BCUT2D eigenvalue weighted by Gasteiger charge is -2.25. The number of carbonyl (C=O) groups is 1. The van der Waals surface area contributed by atoms with E-state index in [4.69, 9.17) is 0 Å². The Bertz CT molecular complexity index is 1390. The van der Waals surface area contributed by atoms with E-state index in [9.17, 15) is 13.2 Å². The van der Waals surface area contributed by atoms with Crippen molar-refractivity contribution in [3.8, 4) is 10.7 Å². The van der Waals surface area contributed by atoms with Gasteiger partial charge in [0.15, 0.2) is 0 Å². The third-order valence-electron chi connectivity index (χ3n) is 5.51. The molecule has 11 heteroatoms. The summed E-state index contributed by atoms with van der Waals surface area (Å²) in [5.74, 6) is 0.0483. The summed E-state index contributed by atoms with van der Waals surface area (Å²) >= 11 is 2.79. The van der Waals surface area contributed by atoms with Crippen LogP contribution in [0.2, 0.25) is 0 Å². The number of piperazine rings is 1. The first-order valence-electron chi connectivity index (χ1n) is 10.6. The second kappa shape index (κ2) is 8.90. The van der Waals surface area contributed by atoms with Crippen molar-refractivity contribution in [2.24, 2.45) is 0 Å². The maximum absolute atomic E-state index is 13.2. The molecular formula is C22H23N5O3S3. The molecule has 0 saturated carbocycles. The quantitative estimate of drug-likeness (QED) is 0.404. The first-order chi connectivity index (χ1) is 16.0. The van der Waals surface area contributed by atoms with E-state index >= 15 is 0 Å². The second-order valence-electron chi connectivity index (χ2n) is 7.72. The smallest absolute Gasteiger partial charge is 0.273 e. The predicted molar refractivity (Wildman–Crippen MR) is 132 cm³/mol. The van der Waals surface area contributed by atoms with Gasteiger partial charge in [-0.05, 0) is 30.5 Å². The second-order valence-corrected chi connectivity index (χ2v) is 11.9. The number of rotatable bonds is 7. The molecule has 1 aliphatic heterocycles. The van der Waals surface area contributed by atoms with Gasteiger partial charge in [-0.15, -0.1) is 22.7 Å². The van der Waals surface area contributed by atoms with Crippen LogP contribution in [0.4, 0.5) is 5.69 Å². The van der Waals surface area contributed by atoms with Crippen LogP contribution in [0.1, 0.15) is 11.8 Å². The van der Waals surface area contributed by atoms with Gasteiger partial charge in [0.2, 0.25) is 5.91 Å². The molecule has 2 N–H and O–H groups in total. The molecule has 8 nitrogen and oxygen atoms in total. The molecule has 4 heterocycles. The Labute approximate surface area is 199 Å². The maximum Gasteiger partial charge on any atom is 0.273 e. The first-order valence-corrected chi connectivity index (χ1v) is 13.7. The molecule has 0 aliphatic carbocycles. The van der Waals surface area contributed by atoms with Gasteiger partial charge in [0.05, 0.1) is 23.4 Å². The molecule has 0 radical (unpaired) electrons. The number of amides is 1. The van der Waals surface area contributed by atoms with Gasteiger partial charge >= 0.3 is 0 Å². The summed E-state index contributed by atoms with van der Waals surface area (Å²) < 4.78 is 28.2. The van der Waals surface area contributed by atoms with Crippen LogP contribution in [0.5, 0.6) is 0 Å². The van der Waals surface area contributed by atoms with Crippen LogP contribution in [0.3, 0.4) is 0 Å². The number of fused-ring (bicyclic) bond motifs is 1. The number of aromatic nitrogens is 2. The number of nitrogens with zero attached hydrogens (tertiary/aromatic N) is 3. The van der Waals surface area contributed by atoms with Gasteiger partial charge in [0.1, 0.15) is 9.22 Å². The zero-order chi connectivity index (χ0) is 23.0. The van der Waals surface area contributed by atoms with Gasteiger partial charge in [-0.2, -0.15) is 0 Å². The number of thiazole rings is 1. The van der Waals surface area contributed by atoms with Crippen LogP contribution in [0.25, 0.3) is 21.6 Å². The molecule has 1 aliphatic rings. The lowest BCUT2D eigenvalue weighted by Crippen LogP contribution is -2.46. The van der Waals surface area contributed by atoms with Gasteiger partial charge in [0, 0.05) is 42.6 Å². The standard InChI is InChI=1S/C22H23N5O3S3/c1-2-27(33(29,30)20-7-4-10-31-20)18-6-3-5-15-11-17(25-21(15)18)22-24-12-16(32-22)13-26-9-8-23-19(28)14-26/h3-7,10-12,25H,2,8-9,13-14H2,1H3,(H,23,28). The SMILES string of the molecule is CCN(c1cccc2cc(-c3ncc(CN4CCNC(=O)C4)s3)[nH]c12)S(=O)(=O)c1cccs1. The van der Waals surface area contributed by atoms with Crippen LogP contribution >= 0.6 is 22.7 Å². The molecule has 4 aromatic rings. The van der Waals surface area contributed by atoms with E-state index in [-0.39, 0.29) is 5.91 Å². The lowest BCUT2D eigenvalue weighted by molar-refractivity contribution is -0.124. The van der Waals surface area contributed by atoms with E-state index in [0.717, 1.165) is 33.0 Å². The van der Waals surface area contributed by atoms with E-state index < -0.39 is 10.0 Å². The van der Waals surface area contributed by atoms with Gasteiger partial charge in [-0.25, -0.2) is 13.4 Å². The van der Waals surface area contributed by atoms with E-state index in [1.165, 1.54) is 15.6 Å². The fourth-order valence-corrected chi connectivity index (χ4v) is 7.52. The molecule has 0 unspecified atom stereocenters. The number of anilines is 1. The topological polar surface area (TPSA) is 98.4 Å². The summed E-state index contributed by atoms with van der Waals surface area (Å²) in [6.45, 7) is 4.71. The molecule has 0 atom stereocenters. The van der Waals surface area contributed by atoms with Crippen LogP contribution in [-0.4, -0.2) is 55.4 Å². The molecule has 0 bridgehead atoms. The van der Waals surface area contributed by atoms with Crippen LogP contribution in [-0.2, 0) is 21.4 Å². The van der Waals surface area contributed by atoms with Crippen molar-refractivity contribution in [2.75, 3.05) is 30.5 Å². The molecule has 1 fully saturated rings. The Morgan fingerprint density at radius 2 is 2.12 bits per heavy atom. The Balaban J connectivity index is 1.46. The third-order valence-corrected chi connectivity index (χ3v) is 9.79. The molecule has 33 heavy (non-hydrogen) atoms. The molecule has 1 aromatic carbocycles. The number of aromatic amines is 1. The number of carbonyl (C=O) groups excluding carboxylic acids is 1. The Morgan fingerprint density at radius 1 is 1.24 bits per heavy atom. The van der Waals surface area contributed by atoms with Crippen LogP contribution < -0.4 is 9.62 Å². The number of hydrogen-bond donors (Lipinski definition) is 2. The number of sulfonamides is 1. The number of H-pyrrole nitrogens is 1. The maximum atomic E-state index is 13.2. The van der Waals surface area contributed by atoms with Crippen molar-refractivity contribution >= 4 is 55.2 Å². The third kappa shape index (κ3) is 4.29. The minimum Gasteiger partial charge on any atom is -0.354 e. The molecule has 172 valence electrons. The van der Waals surface area contributed by atoms with E-state index in [1.54, 1.807) is 28.8 Å². The van der Waals surface area contributed by atoms with E-state index in [1.807, 2.05) is 37.4 Å². The molecule has 3 aromatic heterocycles. The fraction of sp³-hybridized carbons (Fsp3) is 0.273. The Morgan fingerprint density at radius 3 is 2.88 bits per heavy atom. The number of thiophene rings is 1. The largest absolute Gasteiger partial charge is 0.354 e. The van der Waals surface area contributed by atoms with E-state index in [2.05, 4.69) is 20.2 Å². The Hall–Kier alpha value is -2.73. The van der Waals surface area contributed by atoms with Crippen molar-refractivity contribution in [1.82, 2.24) is 20.2 Å². The number of hydrogen-bond acceptors (Lipinski definition) is 7. The van der Waals surface area contributed by atoms with Crippen molar-refractivity contribution in [1.29, 1.82) is 0 Å². The average Bonchev–Trinajstić information content (AvgIpc) is 3.55. The zero-order valence-electron chi connectivity index (χ0n) is 17.9. The van der Waals surface area contributed by atoms with Crippen molar-refractivity contribution < 1.29 is 13.2 Å². The lowest BCUT2D eigenvalue weighted by atomic mass is 10.2. The van der Waals surface area contributed by atoms with Gasteiger partial charge in [-0.3, -0.25) is 14.0 Å².